The van der Waals surface area contributed by atoms with Crippen molar-refractivity contribution in [2.45, 2.75) is 13.3 Å². The van der Waals surface area contributed by atoms with Gasteiger partial charge < -0.3 is 10.2 Å². The Morgan fingerprint density at radius 2 is 2.12 bits per heavy atom. The Hall–Kier alpha value is -2.17. The van der Waals surface area contributed by atoms with Crippen molar-refractivity contribution in [1.29, 1.82) is 0 Å². The number of rotatable bonds is 2. The Morgan fingerprint density at radius 3 is 2.81 bits per heavy atom. The van der Waals surface area contributed by atoms with Gasteiger partial charge in [-0.15, -0.1) is 0 Å². The lowest BCUT2D eigenvalue weighted by Gasteiger charge is -2.05. The van der Waals surface area contributed by atoms with Gasteiger partial charge in [0.15, 0.2) is 0 Å². The van der Waals surface area contributed by atoms with Gasteiger partial charge in [-0.2, -0.15) is 0 Å². The van der Waals surface area contributed by atoms with Crippen LogP contribution in [-0.2, 0) is 11.2 Å². The van der Waals surface area contributed by atoms with Crippen LogP contribution in [0.2, 0.25) is 0 Å². The van der Waals surface area contributed by atoms with Crippen LogP contribution in [0.5, 0.6) is 5.75 Å². The van der Waals surface area contributed by atoms with E-state index in [2.05, 4.69) is 9.97 Å². The molecule has 16 heavy (non-hydrogen) atoms. The second kappa shape index (κ2) is 3.77. The fourth-order valence-corrected chi connectivity index (χ4v) is 1.56. The zero-order chi connectivity index (χ0) is 11.7. The third kappa shape index (κ3) is 1.79. The lowest BCUT2D eigenvalue weighted by Crippen LogP contribution is -2.06. The number of nitrogens with zero attached hydrogens (tertiary/aromatic N) is 2. The van der Waals surface area contributed by atoms with Crippen LogP contribution in [0.4, 0.5) is 0 Å². The zero-order valence-electron chi connectivity index (χ0n) is 8.64. The molecule has 1 aromatic heterocycles. The summed E-state index contributed by atoms with van der Waals surface area (Å²) in [5, 5.41) is 19.0. The van der Waals surface area contributed by atoms with Crippen LogP contribution in [0.25, 0.3) is 10.9 Å². The summed E-state index contributed by atoms with van der Waals surface area (Å²) in [6.07, 6.45) is -0.245. The summed E-state index contributed by atoms with van der Waals surface area (Å²) >= 11 is 0. The Balaban J connectivity index is 2.65. The first kappa shape index (κ1) is 10.4. The van der Waals surface area contributed by atoms with Gasteiger partial charge in [0.1, 0.15) is 23.5 Å². The molecular formula is C11H10N2O3. The summed E-state index contributed by atoms with van der Waals surface area (Å²) in [5.74, 6) is -0.747. The average molecular weight is 218 g/mol. The highest BCUT2D eigenvalue weighted by Gasteiger charge is 2.09. The zero-order valence-corrected chi connectivity index (χ0v) is 8.64. The number of carboxylic acids is 1. The minimum Gasteiger partial charge on any atom is -0.506 e. The van der Waals surface area contributed by atoms with Gasteiger partial charge in [0, 0.05) is 11.1 Å². The maximum absolute atomic E-state index is 10.6. The molecule has 0 saturated carbocycles. The van der Waals surface area contributed by atoms with Crippen LogP contribution in [-0.4, -0.2) is 26.2 Å². The predicted octanol–water partition coefficient (Wildman–Crippen LogP) is 1.27. The van der Waals surface area contributed by atoms with Crippen molar-refractivity contribution < 1.29 is 15.0 Å². The van der Waals surface area contributed by atoms with Gasteiger partial charge in [-0.3, -0.25) is 4.79 Å². The van der Waals surface area contributed by atoms with Gasteiger partial charge in [-0.05, 0) is 13.0 Å². The minimum absolute atomic E-state index is 0.0367. The van der Waals surface area contributed by atoms with Gasteiger partial charge in [0.2, 0.25) is 0 Å². The minimum atomic E-state index is -0.992. The molecule has 0 amide bonds. The fourth-order valence-electron chi connectivity index (χ4n) is 1.56. The van der Waals surface area contributed by atoms with Crippen LogP contribution in [0.3, 0.4) is 0 Å². The van der Waals surface area contributed by atoms with Gasteiger partial charge in [0.05, 0.1) is 0 Å². The number of aliphatic carboxylic acids is 1. The standard InChI is InChI=1S/C11H10N2O3/c1-6-7-3-2-4-8(14)11(7)13-9(12-6)5-10(15)16/h2-4,14H,5H2,1H3,(H,15,16). The van der Waals surface area contributed by atoms with Gasteiger partial charge in [-0.25, -0.2) is 9.97 Å². The number of benzene rings is 1. The first-order valence-electron chi connectivity index (χ1n) is 4.75. The summed E-state index contributed by atoms with van der Waals surface area (Å²) in [6.45, 7) is 1.76. The molecule has 5 nitrogen and oxygen atoms in total. The number of phenolic OH excluding ortho intramolecular Hbond substituents is 1. The second-order valence-corrected chi connectivity index (χ2v) is 3.47. The van der Waals surface area contributed by atoms with E-state index in [-0.39, 0.29) is 18.0 Å². The third-order valence-electron chi connectivity index (χ3n) is 2.25. The molecule has 0 aliphatic heterocycles. The van der Waals surface area contributed by atoms with Crippen molar-refractivity contribution in [3.8, 4) is 5.75 Å². The number of fused-ring (bicyclic) bond motifs is 1. The lowest BCUT2D eigenvalue weighted by molar-refractivity contribution is -0.136. The molecule has 2 N–H and O–H groups in total. The molecular weight excluding hydrogens is 208 g/mol. The van der Waals surface area contributed by atoms with E-state index in [4.69, 9.17) is 5.11 Å². The summed E-state index contributed by atoms with van der Waals surface area (Å²) in [6, 6.07) is 5.00. The summed E-state index contributed by atoms with van der Waals surface area (Å²) in [4.78, 5) is 18.7. The largest absolute Gasteiger partial charge is 0.506 e. The second-order valence-electron chi connectivity index (χ2n) is 3.47. The molecule has 5 heteroatoms. The molecule has 0 unspecified atom stereocenters. The Kier molecular flexibility index (Phi) is 2.44. The predicted molar refractivity (Wildman–Crippen MR) is 57.3 cm³/mol. The quantitative estimate of drug-likeness (QED) is 0.793. The molecule has 0 aliphatic rings. The lowest BCUT2D eigenvalue weighted by atomic mass is 10.2. The van der Waals surface area contributed by atoms with Crippen molar-refractivity contribution in [3.63, 3.8) is 0 Å². The number of phenols is 1. The van der Waals surface area contributed by atoms with Crippen molar-refractivity contribution >= 4 is 16.9 Å². The number of carbonyl (C=O) groups is 1. The van der Waals surface area contributed by atoms with E-state index in [1.165, 1.54) is 6.07 Å². The van der Waals surface area contributed by atoms with Crippen LogP contribution < -0.4 is 0 Å². The molecule has 0 aliphatic carbocycles. The number of hydrogen-bond acceptors (Lipinski definition) is 4. The molecule has 0 fully saturated rings. The monoisotopic (exact) mass is 218 g/mol. The molecule has 2 aromatic rings. The highest BCUT2D eigenvalue weighted by molar-refractivity contribution is 5.86. The first-order valence-corrected chi connectivity index (χ1v) is 4.75. The number of aromatic hydroxyl groups is 1. The van der Waals surface area contributed by atoms with Crippen molar-refractivity contribution in [2.24, 2.45) is 0 Å². The smallest absolute Gasteiger partial charge is 0.311 e. The number of aryl methyl sites for hydroxylation is 1. The van der Waals surface area contributed by atoms with E-state index in [0.717, 1.165) is 5.39 Å². The van der Waals surface area contributed by atoms with Gasteiger partial charge in [-0.1, -0.05) is 12.1 Å². The Bertz CT molecular complexity index is 566. The summed E-state index contributed by atoms with van der Waals surface area (Å²) < 4.78 is 0. The number of hydrogen-bond donors (Lipinski definition) is 2. The number of carboxylic acid groups (broad SMARTS) is 1. The van der Waals surface area contributed by atoms with Crippen LogP contribution in [0, 0.1) is 6.92 Å². The van der Waals surface area contributed by atoms with Gasteiger partial charge in [0.25, 0.3) is 0 Å². The van der Waals surface area contributed by atoms with Gasteiger partial charge >= 0.3 is 5.97 Å². The average Bonchev–Trinajstić information content (AvgIpc) is 2.19. The van der Waals surface area contributed by atoms with Crippen LogP contribution in [0.1, 0.15) is 11.5 Å². The van der Waals surface area contributed by atoms with E-state index >= 15 is 0 Å². The highest BCUT2D eigenvalue weighted by Crippen LogP contribution is 2.23. The first-order chi connectivity index (χ1) is 7.58. The molecule has 1 aromatic carbocycles. The SMILES string of the molecule is Cc1nc(CC(=O)O)nc2c(O)cccc12. The molecule has 82 valence electrons. The third-order valence-corrected chi connectivity index (χ3v) is 2.25. The molecule has 2 rings (SSSR count). The highest BCUT2D eigenvalue weighted by atomic mass is 16.4. The molecule has 0 radical (unpaired) electrons. The molecule has 0 spiro atoms. The van der Waals surface area contributed by atoms with Crippen LogP contribution >= 0.6 is 0 Å². The molecule has 0 atom stereocenters. The van der Waals surface area contributed by atoms with E-state index < -0.39 is 5.97 Å². The molecule has 0 saturated heterocycles. The Morgan fingerprint density at radius 1 is 1.38 bits per heavy atom. The number of para-hydroxylation sites is 1. The maximum atomic E-state index is 10.6. The van der Waals surface area contributed by atoms with Crippen LogP contribution in [0.15, 0.2) is 18.2 Å². The summed E-state index contributed by atoms with van der Waals surface area (Å²) in [7, 11) is 0. The topological polar surface area (TPSA) is 83.3 Å². The van der Waals surface area contributed by atoms with Crippen molar-refractivity contribution in [1.82, 2.24) is 9.97 Å². The van der Waals surface area contributed by atoms with Crippen molar-refractivity contribution in [2.75, 3.05) is 0 Å². The van der Waals surface area contributed by atoms with E-state index in [9.17, 15) is 9.90 Å². The summed E-state index contributed by atoms with van der Waals surface area (Å²) in [5.41, 5.74) is 1.06. The molecule has 1 heterocycles. The van der Waals surface area contributed by atoms with Crippen molar-refractivity contribution in [3.05, 3.63) is 29.7 Å². The van der Waals surface area contributed by atoms with E-state index in [1.807, 2.05) is 0 Å². The molecule has 0 bridgehead atoms. The Labute approximate surface area is 91.4 Å². The van der Waals surface area contributed by atoms with E-state index in [1.54, 1.807) is 19.1 Å². The van der Waals surface area contributed by atoms with E-state index in [0.29, 0.717) is 11.2 Å². The maximum Gasteiger partial charge on any atom is 0.311 e. The normalized spacial score (nSPS) is 10.6. The number of aromatic nitrogens is 2. The fraction of sp³-hybridized carbons (Fsp3) is 0.182.